The summed E-state index contributed by atoms with van der Waals surface area (Å²) in [7, 11) is 0. The van der Waals surface area contributed by atoms with Crippen molar-refractivity contribution >= 4 is 17.3 Å². The lowest BCUT2D eigenvalue weighted by Gasteiger charge is -2.32. The van der Waals surface area contributed by atoms with E-state index in [1.165, 1.54) is 24.9 Å². The largest absolute Gasteiger partial charge is 0.342 e. The standard InChI is InChI=1S/C20H26N4/c1-2-3-17-24(19-9-5-4-6-10-19)20(23-15-7-8-16-23)22-18-11-13-21-14-12-18/h4-6,9-14H,2-3,7-8,15-17H2,1H3. The van der Waals surface area contributed by atoms with Gasteiger partial charge in [0.15, 0.2) is 0 Å². The van der Waals surface area contributed by atoms with Crippen LogP contribution in [0.15, 0.2) is 59.9 Å². The van der Waals surface area contributed by atoms with E-state index in [-0.39, 0.29) is 0 Å². The van der Waals surface area contributed by atoms with E-state index in [9.17, 15) is 0 Å². The molecule has 1 aromatic carbocycles. The zero-order chi connectivity index (χ0) is 16.6. The quantitative estimate of drug-likeness (QED) is 0.601. The number of unbranched alkanes of at least 4 members (excludes halogenated alkanes) is 1. The minimum absolute atomic E-state index is 0.962. The molecule has 3 rings (SSSR count). The van der Waals surface area contributed by atoms with Gasteiger partial charge in [0.05, 0.1) is 5.69 Å². The van der Waals surface area contributed by atoms with Crippen LogP contribution in [0.1, 0.15) is 32.6 Å². The van der Waals surface area contributed by atoms with Gasteiger partial charge >= 0.3 is 0 Å². The first kappa shape index (κ1) is 16.5. The van der Waals surface area contributed by atoms with Gasteiger partial charge < -0.3 is 9.80 Å². The van der Waals surface area contributed by atoms with Crippen LogP contribution in [0.5, 0.6) is 0 Å². The van der Waals surface area contributed by atoms with Gasteiger partial charge in [0.2, 0.25) is 5.96 Å². The molecule has 0 bridgehead atoms. The number of aliphatic imine (C=N–C) groups is 1. The molecule has 2 aromatic rings. The number of hydrogen-bond acceptors (Lipinski definition) is 2. The van der Waals surface area contributed by atoms with Gasteiger partial charge in [-0.05, 0) is 43.5 Å². The lowest BCUT2D eigenvalue weighted by atomic mass is 10.2. The Hall–Kier alpha value is -2.36. The Kier molecular flexibility index (Phi) is 5.83. The maximum absolute atomic E-state index is 5.00. The van der Waals surface area contributed by atoms with E-state index in [4.69, 9.17) is 4.99 Å². The Morgan fingerprint density at radius 1 is 1.08 bits per heavy atom. The van der Waals surface area contributed by atoms with E-state index < -0.39 is 0 Å². The van der Waals surface area contributed by atoms with Crippen molar-refractivity contribution in [2.75, 3.05) is 24.5 Å². The number of hydrogen-bond donors (Lipinski definition) is 0. The first-order valence-electron chi connectivity index (χ1n) is 8.94. The van der Waals surface area contributed by atoms with E-state index in [2.05, 4.69) is 52.0 Å². The van der Waals surface area contributed by atoms with Crippen LogP contribution in [-0.2, 0) is 0 Å². The average Bonchev–Trinajstić information content (AvgIpc) is 3.17. The molecule has 0 N–H and O–H groups in total. The molecule has 1 fully saturated rings. The number of pyridine rings is 1. The van der Waals surface area contributed by atoms with Gasteiger partial charge in [-0.25, -0.2) is 4.99 Å². The summed E-state index contributed by atoms with van der Waals surface area (Å²) < 4.78 is 0. The molecule has 0 unspecified atom stereocenters. The minimum atomic E-state index is 0.962. The van der Waals surface area contributed by atoms with Gasteiger partial charge in [-0.3, -0.25) is 4.98 Å². The van der Waals surface area contributed by atoms with Crippen LogP contribution >= 0.6 is 0 Å². The number of para-hydroxylation sites is 1. The lowest BCUT2D eigenvalue weighted by molar-refractivity contribution is 0.505. The molecular formula is C20H26N4. The highest BCUT2D eigenvalue weighted by atomic mass is 15.4. The molecule has 0 spiro atoms. The highest BCUT2D eigenvalue weighted by Gasteiger charge is 2.23. The molecule has 126 valence electrons. The molecule has 0 atom stereocenters. The van der Waals surface area contributed by atoms with Gasteiger partial charge in [-0.1, -0.05) is 31.5 Å². The van der Waals surface area contributed by atoms with Crippen LogP contribution in [-0.4, -0.2) is 35.5 Å². The number of aromatic nitrogens is 1. The number of rotatable bonds is 5. The maximum atomic E-state index is 5.00. The van der Waals surface area contributed by atoms with Crippen molar-refractivity contribution in [1.29, 1.82) is 0 Å². The number of anilines is 1. The van der Waals surface area contributed by atoms with Gasteiger partial charge in [-0.2, -0.15) is 0 Å². The Bertz CT molecular complexity index is 633. The molecule has 4 heteroatoms. The second-order valence-electron chi connectivity index (χ2n) is 6.15. The molecule has 1 aliphatic rings. The van der Waals surface area contributed by atoms with Gasteiger partial charge in [0.1, 0.15) is 0 Å². The third-order valence-corrected chi connectivity index (χ3v) is 4.33. The van der Waals surface area contributed by atoms with Crippen LogP contribution in [0, 0.1) is 0 Å². The number of guanidine groups is 1. The summed E-state index contributed by atoms with van der Waals surface area (Å²) in [4.78, 5) is 13.9. The molecule has 24 heavy (non-hydrogen) atoms. The lowest BCUT2D eigenvalue weighted by Crippen LogP contribution is -2.43. The van der Waals surface area contributed by atoms with Crippen molar-refractivity contribution in [2.45, 2.75) is 32.6 Å². The summed E-state index contributed by atoms with van der Waals surface area (Å²) in [6, 6.07) is 14.6. The van der Waals surface area contributed by atoms with E-state index >= 15 is 0 Å². The fourth-order valence-corrected chi connectivity index (χ4v) is 3.02. The van der Waals surface area contributed by atoms with Crippen molar-refractivity contribution in [3.8, 4) is 0 Å². The summed E-state index contributed by atoms with van der Waals surface area (Å²) in [5.74, 6) is 1.07. The zero-order valence-corrected chi connectivity index (χ0v) is 14.4. The third kappa shape index (κ3) is 4.13. The van der Waals surface area contributed by atoms with Crippen LogP contribution in [0.3, 0.4) is 0 Å². The third-order valence-electron chi connectivity index (χ3n) is 4.33. The van der Waals surface area contributed by atoms with Crippen LogP contribution in [0.2, 0.25) is 0 Å². The number of likely N-dealkylation sites (tertiary alicyclic amines) is 1. The summed E-state index contributed by atoms with van der Waals surface area (Å²) in [5.41, 5.74) is 2.18. The van der Waals surface area contributed by atoms with Crippen LogP contribution in [0.25, 0.3) is 0 Å². The second-order valence-corrected chi connectivity index (χ2v) is 6.15. The Balaban J connectivity index is 1.98. The molecule has 1 saturated heterocycles. The summed E-state index contributed by atoms with van der Waals surface area (Å²) >= 11 is 0. The second kappa shape index (κ2) is 8.48. The first-order chi connectivity index (χ1) is 11.9. The van der Waals surface area contributed by atoms with E-state index in [1.807, 2.05) is 12.1 Å². The van der Waals surface area contributed by atoms with Gasteiger partial charge in [0, 0.05) is 37.7 Å². The molecule has 0 aliphatic carbocycles. The predicted molar refractivity (Wildman–Crippen MR) is 101 cm³/mol. The van der Waals surface area contributed by atoms with E-state index in [0.29, 0.717) is 0 Å². The van der Waals surface area contributed by atoms with E-state index in [1.54, 1.807) is 12.4 Å². The molecule has 0 radical (unpaired) electrons. The molecule has 1 aromatic heterocycles. The predicted octanol–water partition coefficient (Wildman–Crippen LogP) is 4.47. The molecular weight excluding hydrogens is 296 g/mol. The highest BCUT2D eigenvalue weighted by Crippen LogP contribution is 2.22. The average molecular weight is 322 g/mol. The Morgan fingerprint density at radius 3 is 2.46 bits per heavy atom. The Morgan fingerprint density at radius 2 is 1.79 bits per heavy atom. The fourth-order valence-electron chi connectivity index (χ4n) is 3.02. The number of nitrogens with zero attached hydrogens (tertiary/aromatic N) is 4. The van der Waals surface area contributed by atoms with Crippen molar-refractivity contribution in [3.05, 3.63) is 54.9 Å². The van der Waals surface area contributed by atoms with Crippen molar-refractivity contribution < 1.29 is 0 Å². The molecule has 0 amide bonds. The SMILES string of the molecule is CCCCN(C(=Nc1ccncc1)N1CCCC1)c1ccccc1. The maximum Gasteiger partial charge on any atom is 0.206 e. The molecule has 2 heterocycles. The molecule has 0 saturated carbocycles. The number of benzene rings is 1. The van der Waals surface area contributed by atoms with Crippen LogP contribution < -0.4 is 4.90 Å². The van der Waals surface area contributed by atoms with Crippen LogP contribution in [0.4, 0.5) is 11.4 Å². The normalized spacial score (nSPS) is 14.9. The van der Waals surface area contributed by atoms with E-state index in [0.717, 1.165) is 37.7 Å². The van der Waals surface area contributed by atoms with Gasteiger partial charge in [-0.15, -0.1) is 0 Å². The smallest absolute Gasteiger partial charge is 0.206 e. The minimum Gasteiger partial charge on any atom is -0.342 e. The highest BCUT2D eigenvalue weighted by molar-refractivity contribution is 5.97. The van der Waals surface area contributed by atoms with Crippen molar-refractivity contribution in [2.24, 2.45) is 4.99 Å². The first-order valence-corrected chi connectivity index (χ1v) is 8.94. The Labute approximate surface area is 144 Å². The summed E-state index contributed by atoms with van der Waals surface area (Å²) in [6.07, 6.45) is 8.42. The van der Waals surface area contributed by atoms with Crippen molar-refractivity contribution in [1.82, 2.24) is 9.88 Å². The summed E-state index contributed by atoms with van der Waals surface area (Å²) in [5, 5.41) is 0. The fraction of sp³-hybridized carbons (Fsp3) is 0.400. The van der Waals surface area contributed by atoms with Gasteiger partial charge in [0.25, 0.3) is 0 Å². The topological polar surface area (TPSA) is 31.7 Å². The monoisotopic (exact) mass is 322 g/mol. The zero-order valence-electron chi connectivity index (χ0n) is 14.4. The molecule has 1 aliphatic heterocycles. The van der Waals surface area contributed by atoms with Crippen molar-refractivity contribution in [3.63, 3.8) is 0 Å². The summed E-state index contributed by atoms with van der Waals surface area (Å²) in [6.45, 7) is 5.39. The molecule has 4 nitrogen and oxygen atoms in total.